The van der Waals surface area contributed by atoms with Crippen LogP contribution in [-0.4, -0.2) is 65.3 Å². The van der Waals surface area contributed by atoms with Crippen molar-refractivity contribution in [1.82, 2.24) is 14.8 Å². The Morgan fingerprint density at radius 3 is 2.96 bits per heavy atom. The number of hydrogen-bond acceptors (Lipinski definition) is 5. The third-order valence-corrected chi connectivity index (χ3v) is 5.95. The molecule has 26 heavy (non-hydrogen) atoms. The summed E-state index contributed by atoms with van der Waals surface area (Å²) in [6, 6.07) is 9.65. The molecule has 1 unspecified atom stereocenters. The van der Waals surface area contributed by atoms with Crippen LogP contribution >= 0.6 is 0 Å². The SMILES string of the molecule is COc1nc2cc(C)ccc2cc1CN1CC2CCCN2C[C@@H]1CCO. The van der Waals surface area contributed by atoms with Gasteiger partial charge in [0.05, 0.1) is 12.6 Å². The van der Waals surface area contributed by atoms with Crippen LogP contribution in [0.3, 0.4) is 0 Å². The highest BCUT2D eigenvalue weighted by molar-refractivity contribution is 5.80. The third kappa shape index (κ3) is 3.43. The van der Waals surface area contributed by atoms with Gasteiger partial charge in [0.25, 0.3) is 0 Å². The third-order valence-electron chi connectivity index (χ3n) is 5.95. The number of rotatable bonds is 5. The van der Waals surface area contributed by atoms with Crippen LogP contribution in [0.15, 0.2) is 24.3 Å². The largest absolute Gasteiger partial charge is 0.481 e. The van der Waals surface area contributed by atoms with E-state index in [1.165, 1.54) is 24.9 Å². The Morgan fingerprint density at radius 1 is 1.27 bits per heavy atom. The maximum absolute atomic E-state index is 9.53. The minimum absolute atomic E-state index is 0.242. The summed E-state index contributed by atoms with van der Waals surface area (Å²) in [6.07, 6.45) is 3.41. The van der Waals surface area contributed by atoms with Crippen LogP contribution in [-0.2, 0) is 6.54 Å². The van der Waals surface area contributed by atoms with Gasteiger partial charge >= 0.3 is 0 Å². The highest BCUT2D eigenvalue weighted by atomic mass is 16.5. The number of pyridine rings is 1. The number of aromatic nitrogens is 1. The summed E-state index contributed by atoms with van der Waals surface area (Å²) in [7, 11) is 1.70. The van der Waals surface area contributed by atoms with E-state index in [4.69, 9.17) is 9.72 Å². The summed E-state index contributed by atoms with van der Waals surface area (Å²) in [6.45, 7) is 6.50. The lowest BCUT2D eigenvalue weighted by molar-refractivity contribution is 0.0328. The number of aliphatic hydroxyl groups is 1. The monoisotopic (exact) mass is 355 g/mol. The first kappa shape index (κ1) is 17.7. The number of hydrogen-bond donors (Lipinski definition) is 1. The highest BCUT2D eigenvalue weighted by Crippen LogP contribution is 2.30. The zero-order chi connectivity index (χ0) is 18.1. The van der Waals surface area contributed by atoms with Gasteiger partial charge in [-0.15, -0.1) is 0 Å². The second-order valence-corrected chi connectivity index (χ2v) is 7.74. The number of fused-ring (bicyclic) bond motifs is 2. The van der Waals surface area contributed by atoms with Crippen molar-refractivity contribution in [2.75, 3.05) is 33.4 Å². The summed E-state index contributed by atoms with van der Waals surface area (Å²) >= 11 is 0. The number of methoxy groups -OCH3 is 1. The Balaban J connectivity index is 1.62. The van der Waals surface area contributed by atoms with Crippen LogP contribution < -0.4 is 4.74 Å². The average molecular weight is 355 g/mol. The van der Waals surface area contributed by atoms with Crippen LogP contribution in [0.2, 0.25) is 0 Å². The van der Waals surface area contributed by atoms with Crippen LogP contribution in [0.4, 0.5) is 0 Å². The summed E-state index contributed by atoms with van der Waals surface area (Å²) in [5, 5.41) is 10.7. The molecule has 2 aliphatic heterocycles. The molecule has 1 aromatic carbocycles. The van der Waals surface area contributed by atoms with Gasteiger partial charge in [0.15, 0.2) is 0 Å². The number of aliphatic hydroxyl groups excluding tert-OH is 1. The Labute approximate surface area is 155 Å². The molecule has 2 aliphatic rings. The summed E-state index contributed by atoms with van der Waals surface area (Å²) < 4.78 is 5.62. The molecule has 1 aromatic heterocycles. The molecule has 1 N–H and O–H groups in total. The molecule has 0 amide bonds. The molecule has 0 radical (unpaired) electrons. The maximum Gasteiger partial charge on any atom is 0.218 e. The van der Waals surface area contributed by atoms with Crippen LogP contribution in [0.5, 0.6) is 5.88 Å². The summed E-state index contributed by atoms with van der Waals surface area (Å²) in [5.74, 6) is 0.722. The predicted octanol–water partition coefficient (Wildman–Crippen LogP) is 2.58. The van der Waals surface area contributed by atoms with Crippen molar-refractivity contribution in [1.29, 1.82) is 0 Å². The molecule has 0 saturated carbocycles. The van der Waals surface area contributed by atoms with Gasteiger partial charge in [-0.05, 0) is 50.4 Å². The van der Waals surface area contributed by atoms with Crippen LogP contribution in [0, 0.1) is 6.92 Å². The molecule has 5 nitrogen and oxygen atoms in total. The Morgan fingerprint density at radius 2 is 2.15 bits per heavy atom. The second-order valence-electron chi connectivity index (χ2n) is 7.74. The van der Waals surface area contributed by atoms with Crippen molar-refractivity contribution in [3.8, 4) is 5.88 Å². The molecule has 2 fully saturated rings. The number of ether oxygens (including phenoxy) is 1. The van der Waals surface area contributed by atoms with Crippen molar-refractivity contribution in [2.45, 2.75) is 44.8 Å². The van der Waals surface area contributed by atoms with Gasteiger partial charge in [0, 0.05) is 49.3 Å². The molecule has 5 heteroatoms. The van der Waals surface area contributed by atoms with E-state index in [0.717, 1.165) is 48.4 Å². The summed E-state index contributed by atoms with van der Waals surface area (Å²) in [4.78, 5) is 9.89. The van der Waals surface area contributed by atoms with E-state index in [-0.39, 0.29) is 6.61 Å². The van der Waals surface area contributed by atoms with Gasteiger partial charge in [-0.3, -0.25) is 9.80 Å². The minimum atomic E-state index is 0.242. The Hall–Kier alpha value is -1.69. The molecule has 0 aliphatic carbocycles. The predicted molar refractivity (Wildman–Crippen MR) is 104 cm³/mol. The van der Waals surface area contributed by atoms with Gasteiger partial charge in [0.1, 0.15) is 0 Å². The van der Waals surface area contributed by atoms with Crippen molar-refractivity contribution < 1.29 is 9.84 Å². The topological polar surface area (TPSA) is 48.8 Å². The molecule has 2 aromatic rings. The molecule has 0 bridgehead atoms. The number of piperazine rings is 1. The van der Waals surface area contributed by atoms with E-state index >= 15 is 0 Å². The lowest BCUT2D eigenvalue weighted by Crippen LogP contribution is -2.55. The van der Waals surface area contributed by atoms with Crippen molar-refractivity contribution >= 4 is 10.9 Å². The molecule has 3 heterocycles. The minimum Gasteiger partial charge on any atom is -0.481 e. The van der Waals surface area contributed by atoms with E-state index in [0.29, 0.717) is 12.1 Å². The molecule has 2 saturated heterocycles. The van der Waals surface area contributed by atoms with Crippen molar-refractivity contribution in [3.63, 3.8) is 0 Å². The zero-order valence-corrected chi connectivity index (χ0v) is 15.8. The molecular formula is C21H29N3O2. The van der Waals surface area contributed by atoms with E-state index in [1.807, 2.05) is 0 Å². The van der Waals surface area contributed by atoms with Crippen LogP contribution in [0.1, 0.15) is 30.4 Å². The van der Waals surface area contributed by atoms with Gasteiger partial charge in [-0.1, -0.05) is 12.1 Å². The quantitative estimate of drug-likeness (QED) is 0.893. The first-order chi connectivity index (χ1) is 12.7. The molecule has 2 atom stereocenters. The lowest BCUT2D eigenvalue weighted by Gasteiger charge is -2.43. The fourth-order valence-corrected chi connectivity index (χ4v) is 4.58. The van der Waals surface area contributed by atoms with Crippen LogP contribution in [0.25, 0.3) is 10.9 Å². The number of nitrogens with zero attached hydrogens (tertiary/aromatic N) is 3. The molecular weight excluding hydrogens is 326 g/mol. The van der Waals surface area contributed by atoms with Crippen molar-refractivity contribution in [3.05, 3.63) is 35.4 Å². The standard InChI is InChI=1S/C21H29N3O2/c1-15-5-6-16-11-17(21(26-2)22-20(16)10-15)12-24-14-18-4-3-8-23(18)13-19(24)7-9-25/h5-6,10-11,18-19,25H,3-4,7-9,12-14H2,1-2H3/t18?,19-/m0/s1. The van der Waals surface area contributed by atoms with Gasteiger partial charge in [0.2, 0.25) is 5.88 Å². The van der Waals surface area contributed by atoms with E-state index in [9.17, 15) is 5.11 Å². The van der Waals surface area contributed by atoms with Gasteiger partial charge < -0.3 is 9.84 Å². The van der Waals surface area contributed by atoms with Gasteiger partial charge in [-0.2, -0.15) is 0 Å². The maximum atomic E-state index is 9.53. The summed E-state index contributed by atoms with van der Waals surface area (Å²) in [5.41, 5.74) is 3.33. The smallest absolute Gasteiger partial charge is 0.218 e. The molecule has 140 valence electrons. The van der Waals surface area contributed by atoms with Crippen molar-refractivity contribution in [2.24, 2.45) is 0 Å². The van der Waals surface area contributed by atoms with E-state index in [1.54, 1.807) is 7.11 Å². The fraction of sp³-hybridized carbons (Fsp3) is 0.571. The zero-order valence-electron chi connectivity index (χ0n) is 15.8. The second kappa shape index (κ2) is 7.51. The number of aryl methyl sites for hydroxylation is 1. The van der Waals surface area contributed by atoms with E-state index in [2.05, 4.69) is 41.0 Å². The first-order valence-corrected chi connectivity index (χ1v) is 9.71. The fourth-order valence-electron chi connectivity index (χ4n) is 4.58. The Bertz CT molecular complexity index is 779. The lowest BCUT2D eigenvalue weighted by atomic mass is 10.0. The number of benzene rings is 1. The van der Waals surface area contributed by atoms with Gasteiger partial charge in [-0.25, -0.2) is 4.98 Å². The van der Waals surface area contributed by atoms with E-state index < -0.39 is 0 Å². The molecule has 0 spiro atoms. The average Bonchev–Trinajstić information content (AvgIpc) is 3.09. The molecule has 4 rings (SSSR count). The Kier molecular flexibility index (Phi) is 5.11. The normalized spacial score (nSPS) is 24.1. The first-order valence-electron chi connectivity index (χ1n) is 9.71. The highest BCUT2D eigenvalue weighted by Gasteiger charge is 2.36.